The smallest absolute Gasteiger partial charge is 0.249 e. The van der Waals surface area contributed by atoms with Gasteiger partial charge in [0.1, 0.15) is 6.10 Å². The van der Waals surface area contributed by atoms with Crippen molar-refractivity contribution in [2.75, 3.05) is 7.11 Å². The minimum absolute atomic E-state index is 0.232. The number of methoxy groups -OCH3 is 1. The quantitative estimate of drug-likeness (QED) is 0.924. The fourth-order valence-corrected chi connectivity index (χ4v) is 2.95. The molecule has 1 unspecified atom stereocenters. The van der Waals surface area contributed by atoms with Gasteiger partial charge in [-0.2, -0.15) is 0 Å². The van der Waals surface area contributed by atoms with Gasteiger partial charge in [-0.3, -0.25) is 4.79 Å². The van der Waals surface area contributed by atoms with Crippen LogP contribution in [0.3, 0.4) is 0 Å². The number of benzene rings is 1. The van der Waals surface area contributed by atoms with Crippen LogP contribution in [0, 0.1) is 0 Å². The maximum Gasteiger partial charge on any atom is 0.249 e. The predicted octanol–water partition coefficient (Wildman–Crippen LogP) is 2.64. The normalized spacial score (nSPS) is 20.0. The third-order valence-corrected chi connectivity index (χ3v) is 3.98. The molecule has 1 aromatic carbocycles. The second-order valence-electron chi connectivity index (χ2n) is 5.18. The summed E-state index contributed by atoms with van der Waals surface area (Å²) in [4.78, 5) is 11.8. The predicted molar refractivity (Wildman–Crippen MR) is 84.4 cm³/mol. The Morgan fingerprint density at radius 2 is 2.19 bits per heavy atom. The largest absolute Gasteiger partial charge is 0.373 e. The number of ether oxygens (including phenoxy) is 1. The Morgan fingerprint density at radius 3 is 2.90 bits per heavy atom. The molecular weight excluding hydrogens is 262 g/mol. The van der Waals surface area contributed by atoms with Crippen LogP contribution in [0.4, 0.5) is 0 Å². The third kappa shape index (κ3) is 2.16. The minimum atomic E-state index is -0.448. The first kappa shape index (κ1) is 13.6. The number of carbonyl (C=O) groups is 1. The van der Waals surface area contributed by atoms with E-state index < -0.39 is 5.91 Å². The Kier molecular flexibility index (Phi) is 3.35. The molecule has 2 aliphatic carbocycles. The lowest BCUT2D eigenvalue weighted by Crippen LogP contribution is -2.22. The summed E-state index contributed by atoms with van der Waals surface area (Å²) in [6.45, 7) is 4.12. The number of hydrogen-bond acceptors (Lipinski definition) is 2. The zero-order chi connectivity index (χ0) is 15.0. The Bertz CT molecular complexity index is 723. The average Bonchev–Trinajstić information content (AvgIpc) is 2.95. The fourth-order valence-electron chi connectivity index (χ4n) is 2.95. The molecule has 0 spiro atoms. The highest BCUT2D eigenvalue weighted by Gasteiger charge is 2.26. The van der Waals surface area contributed by atoms with E-state index in [2.05, 4.69) is 24.8 Å². The van der Waals surface area contributed by atoms with Gasteiger partial charge in [0, 0.05) is 18.3 Å². The summed E-state index contributed by atoms with van der Waals surface area (Å²) in [5.41, 5.74) is 11.0. The molecule has 0 aliphatic heterocycles. The summed E-state index contributed by atoms with van der Waals surface area (Å²) in [5, 5.41) is 0. The van der Waals surface area contributed by atoms with Crippen molar-refractivity contribution >= 4 is 17.6 Å². The summed E-state index contributed by atoms with van der Waals surface area (Å²) in [6, 6.07) is 6.10. The van der Waals surface area contributed by atoms with Gasteiger partial charge in [-0.25, -0.2) is 0 Å². The van der Waals surface area contributed by atoms with Gasteiger partial charge in [0.2, 0.25) is 5.91 Å². The van der Waals surface area contributed by atoms with Gasteiger partial charge < -0.3 is 10.5 Å². The Morgan fingerprint density at radius 1 is 1.38 bits per heavy atom. The molecule has 2 N–H and O–H groups in total. The summed E-state index contributed by atoms with van der Waals surface area (Å²) >= 11 is 0. The molecule has 0 bridgehead atoms. The lowest BCUT2D eigenvalue weighted by Gasteiger charge is -2.25. The van der Waals surface area contributed by atoms with E-state index >= 15 is 0 Å². The van der Waals surface area contributed by atoms with Crippen molar-refractivity contribution in [2.24, 2.45) is 5.73 Å². The first-order valence-electron chi connectivity index (χ1n) is 6.86. The molecule has 0 saturated heterocycles. The van der Waals surface area contributed by atoms with Crippen LogP contribution in [0.15, 0.2) is 54.2 Å². The molecule has 0 heterocycles. The van der Waals surface area contributed by atoms with Crippen molar-refractivity contribution in [1.82, 2.24) is 0 Å². The molecule has 0 radical (unpaired) electrons. The van der Waals surface area contributed by atoms with E-state index in [0.29, 0.717) is 5.57 Å². The van der Waals surface area contributed by atoms with Crippen molar-refractivity contribution in [3.05, 3.63) is 70.8 Å². The van der Waals surface area contributed by atoms with Crippen LogP contribution in [0.5, 0.6) is 0 Å². The number of rotatable bonds is 3. The molecule has 0 fully saturated rings. The van der Waals surface area contributed by atoms with Crippen LogP contribution in [0.1, 0.15) is 16.7 Å². The molecule has 1 atom stereocenters. The number of nitrogens with two attached hydrogens (primary N) is 1. The number of hydrogen-bond donors (Lipinski definition) is 1. The molecule has 3 nitrogen and oxygen atoms in total. The van der Waals surface area contributed by atoms with Gasteiger partial charge in [-0.1, -0.05) is 43.0 Å². The molecule has 0 saturated carbocycles. The van der Waals surface area contributed by atoms with E-state index in [4.69, 9.17) is 10.5 Å². The lowest BCUT2D eigenvalue weighted by atomic mass is 9.83. The average molecular weight is 279 g/mol. The molecule has 2 aliphatic rings. The van der Waals surface area contributed by atoms with Crippen molar-refractivity contribution in [1.29, 1.82) is 0 Å². The lowest BCUT2D eigenvalue weighted by molar-refractivity contribution is -0.114. The molecule has 1 amide bonds. The third-order valence-electron chi connectivity index (χ3n) is 3.98. The molecule has 3 rings (SSSR count). The number of fused-ring (bicyclic) bond motifs is 1. The van der Waals surface area contributed by atoms with Crippen LogP contribution < -0.4 is 5.73 Å². The Hall–Kier alpha value is -2.39. The summed E-state index contributed by atoms with van der Waals surface area (Å²) < 4.78 is 5.41. The summed E-state index contributed by atoms with van der Waals surface area (Å²) in [7, 11) is 1.63. The Labute approximate surface area is 124 Å². The first-order valence-corrected chi connectivity index (χ1v) is 6.86. The van der Waals surface area contributed by atoms with Gasteiger partial charge >= 0.3 is 0 Å². The van der Waals surface area contributed by atoms with Gasteiger partial charge in [-0.15, -0.1) is 0 Å². The van der Waals surface area contributed by atoms with Crippen LogP contribution in [0.2, 0.25) is 0 Å². The number of carbonyl (C=O) groups excluding carboxylic acids is 1. The molecule has 1 aromatic rings. The van der Waals surface area contributed by atoms with Crippen molar-refractivity contribution in [3.8, 4) is 0 Å². The van der Waals surface area contributed by atoms with Crippen molar-refractivity contribution in [3.63, 3.8) is 0 Å². The second-order valence-corrected chi connectivity index (χ2v) is 5.18. The standard InChI is InChI=1S/C18H17NO2/c1-11-16(21-2)10-9-15(18(19)20)17(11)14-8-4-6-12-5-3-7-13(12)14/h3-4,6-10,16H,1,5H2,2H3,(H2,19,20). The molecule has 21 heavy (non-hydrogen) atoms. The fraction of sp³-hybridized carbons (Fsp3) is 0.167. The number of amides is 1. The van der Waals surface area contributed by atoms with E-state index in [-0.39, 0.29) is 6.10 Å². The second kappa shape index (κ2) is 5.19. The van der Waals surface area contributed by atoms with E-state index in [1.807, 2.05) is 18.2 Å². The number of allylic oxidation sites excluding steroid dienone is 1. The topological polar surface area (TPSA) is 52.3 Å². The molecule has 3 heteroatoms. The van der Waals surface area contributed by atoms with Gasteiger partial charge in [0.05, 0.1) is 0 Å². The Balaban J connectivity index is 2.24. The SMILES string of the molecule is C=C1C(c2cccc3c2C=CC3)=C(C(N)=O)C=CC1OC. The zero-order valence-corrected chi connectivity index (χ0v) is 11.9. The van der Waals surface area contributed by atoms with Gasteiger partial charge in [0.15, 0.2) is 0 Å². The molecule has 106 valence electrons. The van der Waals surface area contributed by atoms with Gasteiger partial charge in [-0.05, 0) is 34.8 Å². The van der Waals surface area contributed by atoms with Crippen molar-refractivity contribution < 1.29 is 9.53 Å². The van der Waals surface area contributed by atoms with E-state index in [9.17, 15) is 4.79 Å². The highest BCUT2D eigenvalue weighted by Crippen LogP contribution is 2.37. The monoisotopic (exact) mass is 279 g/mol. The first-order chi connectivity index (χ1) is 10.1. The molecule has 0 aromatic heterocycles. The van der Waals surface area contributed by atoms with Crippen LogP contribution in [-0.2, 0) is 16.0 Å². The van der Waals surface area contributed by atoms with Crippen LogP contribution in [-0.4, -0.2) is 19.1 Å². The van der Waals surface area contributed by atoms with Crippen molar-refractivity contribution in [2.45, 2.75) is 12.5 Å². The van der Waals surface area contributed by atoms with E-state index in [0.717, 1.165) is 28.7 Å². The van der Waals surface area contributed by atoms with Crippen LogP contribution >= 0.6 is 0 Å². The van der Waals surface area contributed by atoms with E-state index in [1.165, 1.54) is 5.56 Å². The maximum absolute atomic E-state index is 11.8. The molecular formula is C18H17NO2. The number of primary amides is 1. The maximum atomic E-state index is 11.8. The zero-order valence-electron chi connectivity index (χ0n) is 11.9. The van der Waals surface area contributed by atoms with Crippen LogP contribution in [0.25, 0.3) is 11.6 Å². The summed E-state index contributed by atoms with van der Waals surface area (Å²) in [5.74, 6) is -0.448. The van der Waals surface area contributed by atoms with Gasteiger partial charge in [0.25, 0.3) is 0 Å². The highest BCUT2D eigenvalue weighted by molar-refractivity contribution is 6.08. The minimum Gasteiger partial charge on any atom is -0.373 e. The van der Waals surface area contributed by atoms with E-state index in [1.54, 1.807) is 13.2 Å². The summed E-state index contributed by atoms with van der Waals surface area (Å²) in [6.07, 6.45) is 8.43. The highest BCUT2D eigenvalue weighted by atomic mass is 16.5.